The molecule has 1 aromatic heterocycles. The number of aromatic amines is 1. The first-order valence-electron chi connectivity index (χ1n) is 10.0. The fraction of sp³-hybridized carbons (Fsp3) is 0.579. The smallest absolute Gasteiger partial charge is 0.326 e. The summed E-state index contributed by atoms with van der Waals surface area (Å²) in [6.07, 6.45) is 1.93. The van der Waals surface area contributed by atoms with Crippen LogP contribution in [0.1, 0.15) is 39.3 Å². The molecule has 4 atom stereocenters. The molecule has 1 aromatic rings. The highest BCUT2D eigenvalue weighted by molar-refractivity contribution is 5.94. The van der Waals surface area contributed by atoms with Gasteiger partial charge in [-0.05, 0) is 19.3 Å². The van der Waals surface area contributed by atoms with Crippen molar-refractivity contribution in [2.45, 2.75) is 64.2 Å². The van der Waals surface area contributed by atoms with Crippen LogP contribution in [0.2, 0.25) is 0 Å². The molecule has 0 aliphatic heterocycles. The van der Waals surface area contributed by atoms with Crippen LogP contribution in [0.4, 0.5) is 0 Å². The summed E-state index contributed by atoms with van der Waals surface area (Å²) in [6.45, 7) is 4.78. The van der Waals surface area contributed by atoms with Gasteiger partial charge in [0.1, 0.15) is 18.1 Å². The maximum atomic E-state index is 12.8. The molecule has 32 heavy (non-hydrogen) atoms. The van der Waals surface area contributed by atoms with Crippen LogP contribution in [0, 0.1) is 5.92 Å². The summed E-state index contributed by atoms with van der Waals surface area (Å²) in [5.41, 5.74) is 5.98. The van der Waals surface area contributed by atoms with Crippen LogP contribution in [-0.2, 0) is 30.4 Å². The lowest BCUT2D eigenvalue weighted by molar-refractivity contribution is -0.143. The van der Waals surface area contributed by atoms with E-state index < -0.39 is 60.2 Å². The normalized spacial score (nSPS) is 14.7. The Labute approximate surface area is 184 Å². The van der Waals surface area contributed by atoms with E-state index in [1.54, 1.807) is 13.8 Å². The molecule has 3 amide bonds. The first-order valence-corrected chi connectivity index (χ1v) is 10.0. The van der Waals surface area contributed by atoms with E-state index in [0.717, 1.165) is 0 Å². The molecule has 0 aliphatic carbocycles. The van der Waals surface area contributed by atoms with Gasteiger partial charge in [0.2, 0.25) is 17.7 Å². The first-order chi connectivity index (χ1) is 14.9. The summed E-state index contributed by atoms with van der Waals surface area (Å²) in [5.74, 6) is -5.05. The number of carboxylic acid groups (broad SMARTS) is 2. The second-order valence-electron chi connectivity index (χ2n) is 7.69. The van der Waals surface area contributed by atoms with Crippen molar-refractivity contribution >= 4 is 29.7 Å². The van der Waals surface area contributed by atoms with Gasteiger partial charge in [-0.2, -0.15) is 0 Å². The van der Waals surface area contributed by atoms with Gasteiger partial charge in [-0.3, -0.25) is 19.2 Å². The van der Waals surface area contributed by atoms with Crippen LogP contribution < -0.4 is 21.7 Å². The number of H-pyrrole nitrogens is 1. The Morgan fingerprint density at radius 2 is 1.62 bits per heavy atom. The number of carbonyl (C=O) groups excluding carboxylic acids is 3. The number of imidazole rings is 1. The van der Waals surface area contributed by atoms with Crippen molar-refractivity contribution in [2.75, 3.05) is 0 Å². The predicted octanol–water partition coefficient (Wildman–Crippen LogP) is -1.64. The molecule has 0 saturated carbocycles. The summed E-state index contributed by atoms with van der Waals surface area (Å²) >= 11 is 0. The molecular weight excluding hydrogens is 424 g/mol. The number of carboxylic acids is 2. The topological polar surface area (TPSA) is 217 Å². The number of nitrogens with one attached hydrogen (secondary N) is 4. The molecule has 13 nitrogen and oxygen atoms in total. The van der Waals surface area contributed by atoms with E-state index in [9.17, 15) is 29.1 Å². The van der Waals surface area contributed by atoms with Gasteiger partial charge < -0.3 is 36.9 Å². The Hall–Kier alpha value is -3.48. The van der Waals surface area contributed by atoms with Crippen molar-refractivity contribution in [3.8, 4) is 0 Å². The Bertz CT molecular complexity index is 809. The van der Waals surface area contributed by atoms with Crippen LogP contribution in [0.15, 0.2) is 12.5 Å². The summed E-state index contributed by atoms with van der Waals surface area (Å²) in [5, 5.41) is 25.6. The molecule has 0 bridgehead atoms. The van der Waals surface area contributed by atoms with Crippen LogP contribution in [0.5, 0.6) is 0 Å². The number of hydrogen-bond acceptors (Lipinski definition) is 7. The average Bonchev–Trinajstić information content (AvgIpc) is 3.20. The van der Waals surface area contributed by atoms with Gasteiger partial charge in [0.25, 0.3) is 0 Å². The molecular formula is C19H30N6O7. The Morgan fingerprint density at radius 1 is 1.00 bits per heavy atom. The number of nitrogens with two attached hydrogens (primary N) is 1. The molecule has 0 aromatic carbocycles. The van der Waals surface area contributed by atoms with E-state index in [0.29, 0.717) is 5.69 Å². The summed E-state index contributed by atoms with van der Waals surface area (Å²) in [7, 11) is 0. The van der Waals surface area contributed by atoms with Crippen LogP contribution in [-0.4, -0.2) is 74.0 Å². The Morgan fingerprint density at radius 3 is 2.09 bits per heavy atom. The molecule has 8 N–H and O–H groups in total. The fourth-order valence-electron chi connectivity index (χ4n) is 2.71. The SMILES string of the molecule is CC(N)C(=O)NC(C(=O)NC(CCC(=O)O)C(=O)NC(Cc1cnc[nH]1)C(=O)O)C(C)C. The summed E-state index contributed by atoms with van der Waals surface area (Å²) < 4.78 is 0. The molecule has 1 rings (SSSR count). The zero-order chi connectivity index (χ0) is 24.4. The predicted molar refractivity (Wildman–Crippen MR) is 111 cm³/mol. The third-order valence-corrected chi connectivity index (χ3v) is 4.53. The molecule has 13 heteroatoms. The van der Waals surface area contributed by atoms with Crippen molar-refractivity contribution in [3.05, 3.63) is 18.2 Å². The monoisotopic (exact) mass is 454 g/mol. The van der Waals surface area contributed by atoms with Crippen molar-refractivity contribution in [1.29, 1.82) is 0 Å². The first kappa shape index (κ1) is 26.6. The Balaban J connectivity index is 2.97. The molecule has 0 radical (unpaired) electrons. The van der Waals surface area contributed by atoms with Crippen molar-refractivity contribution in [3.63, 3.8) is 0 Å². The highest BCUT2D eigenvalue weighted by Crippen LogP contribution is 2.07. The van der Waals surface area contributed by atoms with E-state index >= 15 is 0 Å². The van der Waals surface area contributed by atoms with Crippen molar-refractivity contribution in [1.82, 2.24) is 25.9 Å². The summed E-state index contributed by atoms with van der Waals surface area (Å²) in [4.78, 5) is 66.5. The fourth-order valence-corrected chi connectivity index (χ4v) is 2.71. The quantitative estimate of drug-likeness (QED) is 0.181. The van der Waals surface area contributed by atoms with Gasteiger partial charge in [0, 0.05) is 24.7 Å². The molecule has 1 heterocycles. The second kappa shape index (κ2) is 12.4. The number of amides is 3. The lowest BCUT2D eigenvalue weighted by Crippen LogP contribution is -2.58. The van der Waals surface area contributed by atoms with Gasteiger partial charge in [-0.15, -0.1) is 0 Å². The molecule has 0 spiro atoms. The number of nitrogens with zero attached hydrogens (tertiary/aromatic N) is 1. The highest BCUT2D eigenvalue weighted by atomic mass is 16.4. The minimum atomic E-state index is -1.34. The van der Waals surface area contributed by atoms with E-state index in [1.807, 2.05) is 0 Å². The molecule has 4 unspecified atom stereocenters. The lowest BCUT2D eigenvalue weighted by Gasteiger charge is -2.26. The third-order valence-electron chi connectivity index (χ3n) is 4.53. The lowest BCUT2D eigenvalue weighted by atomic mass is 10.0. The minimum absolute atomic E-state index is 0.0975. The minimum Gasteiger partial charge on any atom is -0.481 e. The van der Waals surface area contributed by atoms with Gasteiger partial charge in [-0.25, -0.2) is 9.78 Å². The Kier molecular flexibility index (Phi) is 10.3. The van der Waals surface area contributed by atoms with Gasteiger partial charge in [0.05, 0.1) is 12.4 Å². The van der Waals surface area contributed by atoms with E-state index in [2.05, 4.69) is 25.9 Å². The zero-order valence-electron chi connectivity index (χ0n) is 18.1. The number of aliphatic carboxylic acids is 2. The number of rotatable bonds is 13. The van der Waals surface area contributed by atoms with Crippen molar-refractivity contribution in [2.24, 2.45) is 11.7 Å². The number of aromatic nitrogens is 2. The van der Waals surface area contributed by atoms with Gasteiger partial charge in [0.15, 0.2) is 0 Å². The van der Waals surface area contributed by atoms with Gasteiger partial charge in [-0.1, -0.05) is 13.8 Å². The van der Waals surface area contributed by atoms with Crippen LogP contribution >= 0.6 is 0 Å². The van der Waals surface area contributed by atoms with E-state index in [4.69, 9.17) is 10.8 Å². The molecule has 0 fully saturated rings. The average molecular weight is 454 g/mol. The number of carbonyl (C=O) groups is 5. The molecule has 0 saturated heterocycles. The number of hydrogen-bond donors (Lipinski definition) is 7. The maximum absolute atomic E-state index is 12.8. The third kappa shape index (κ3) is 8.71. The second-order valence-corrected chi connectivity index (χ2v) is 7.69. The van der Waals surface area contributed by atoms with Crippen LogP contribution in [0.3, 0.4) is 0 Å². The molecule has 0 aliphatic rings. The molecule has 178 valence electrons. The van der Waals surface area contributed by atoms with Gasteiger partial charge >= 0.3 is 11.9 Å². The van der Waals surface area contributed by atoms with Crippen molar-refractivity contribution < 1.29 is 34.2 Å². The zero-order valence-corrected chi connectivity index (χ0v) is 18.1. The highest BCUT2D eigenvalue weighted by Gasteiger charge is 2.31. The van der Waals surface area contributed by atoms with Crippen LogP contribution in [0.25, 0.3) is 0 Å². The summed E-state index contributed by atoms with van der Waals surface area (Å²) in [6, 6.07) is -4.58. The standard InChI is InChI=1S/C19H30N6O7/c1-9(2)15(25-16(28)10(3)20)18(30)23-12(4-5-14(26)27)17(29)24-13(19(31)32)6-11-7-21-8-22-11/h7-10,12-13,15H,4-6,20H2,1-3H3,(H,21,22)(H,23,30)(H,24,29)(H,25,28)(H,26,27)(H,31,32). The van der Waals surface area contributed by atoms with E-state index in [1.165, 1.54) is 19.4 Å². The van der Waals surface area contributed by atoms with E-state index in [-0.39, 0.29) is 18.8 Å². The largest absolute Gasteiger partial charge is 0.481 e. The maximum Gasteiger partial charge on any atom is 0.326 e.